The van der Waals surface area contributed by atoms with E-state index in [1.807, 2.05) is 0 Å². The van der Waals surface area contributed by atoms with Crippen molar-refractivity contribution in [3.63, 3.8) is 0 Å². The molecular weight excluding hydrogens is 218 g/mol. The van der Waals surface area contributed by atoms with Crippen LogP contribution in [0.4, 0.5) is 0 Å². The van der Waals surface area contributed by atoms with E-state index >= 15 is 0 Å². The fourth-order valence-corrected chi connectivity index (χ4v) is 2.88. The summed E-state index contributed by atoms with van der Waals surface area (Å²) in [4.78, 5) is 0. The van der Waals surface area contributed by atoms with Gasteiger partial charge in [-0.15, -0.1) is 11.3 Å². The largest absolute Gasteiger partial charge is 0.493 e. The normalized spacial score (nSPS) is 20.4. The van der Waals surface area contributed by atoms with Gasteiger partial charge in [-0.3, -0.25) is 0 Å². The number of hydrogen-bond donors (Lipinski definition) is 1. The van der Waals surface area contributed by atoms with Gasteiger partial charge in [0.15, 0.2) is 0 Å². The molecule has 2 heterocycles. The van der Waals surface area contributed by atoms with Crippen molar-refractivity contribution in [3.05, 3.63) is 29.6 Å². The molecule has 1 aromatic carbocycles. The Kier molecular flexibility index (Phi) is 2.80. The average molecular weight is 233 g/mol. The smallest absolute Gasteiger partial charge is 0.120 e. The molecular formula is C13H15NOS. The summed E-state index contributed by atoms with van der Waals surface area (Å²) in [6.07, 6.45) is 1.24. The molecule has 0 spiro atoms. The summed E-state index contributed by atoms with van der Waals surface area (Å²) in [5, 5.41) is 6.76. The minimum absolute atomic E-state index is 0.679. The zero-order valence-corrected chi connectivity index (χ0v) is 9.93. The Bertz CT molecular complexity index is 473. The fourth-order valence-electron chi connectivity index (χ4n) is 2.11. The minimum Gasteiger partial charge on any atom is -0.493 e. The van der Waals surface area contributed by atoms with Gasteiger partial charge in [-0.25, -0.2) is 0 Å². The van der Waals surface area contributed by atoms with Crippen molar-refractivity contribution in [2.75, 3.05) is 19.7 Å². The van der Waals surface area contributed by atoms with E-state index in [1.165, 1.54) is 16.5 Å². The Hall–Kier alpha value is -1.06. The van der Waals surface area contributed by atoms with Crippen LogP contribution in [-0.4, -0.2) is 19.7 Å². The van der Waals surface area contributed by atoms with Gasteiger partial charge in [0, 0.05) is 17.2 Å². The van der Waals surface area contributed by atoms with Crippen LogP contribution in [0.5, 0.6) is 5.75 Å². The minimum atomic E-state index is 0.679. The quantitative estimate of drug-likeness (QED) is 0.880. The van der Waals surface area contributed by atoms with E-state index in [9.17, 15) is 0 Å². The number of nitrogens with one attached hydrogen (secondary N) is 1. The van der Waals surface area contributed by atoms with Gasteiger partial charge >= 0.3 is 0 Å². The summed E-state index contributed by atoms with van der Waals surface area (Å²) in [5.74, 6) is 1.68. The lowest BCUT2D eigenvalue weighted by Crippen LogP contribution is -2.15. The first-order valence-corrected chi connectivity index (χ1v) is 6.60. The first-order chi connectivity index (χ1) is 7.92. The maximum absolute atomic E-state index is 5.83. The first-order valence-electron chi connectivity index (χ1n) is 5.72. The van der Waals surface area contributed by atoms with Crippen LogP contribution in [-0.2, 0) is 0 Å². The predicted molar refractivity (Wildman–Crippen MR) is 68.3 cm³/mol. The van der Waals surface area contributed by atoms with Crippen LogP contribution < -0.4 is 10.1 Å². The van der Waals surface area contributed by atoms with Crippen LogP contribution in [0.1, 0.15) is 6.42 Å². The molecule has 3 rings (SSSR count). The third kappa shape index (κ3) is 2.06. The predicted octanol–water partition coefficient (Wildman–Crippen LogP) is 2.89. The Morgan fingerprint density at radius 2 is 2.38 bits per heavy atom. The summed E-state index contributed by atoms with van der Waals surface area (Å²) in [6.45, 7) is 3.07. The molecule has 1 aromatic heterocycles. The van der Waals surface area contributed by atoms with Gasteiger partial charge in [-0.05, 0) is 48.0 Å². The highest BCUT2D eigenvalue weighted by Crippen LogP contribution is 2.25. The van der Waals surface area contributed by atoms with Crippen LogP contribution in [0, 0.1) is 5.92 Å². The Labute approximate surface area is 99.2 Å². The van der Waals surface area contributed by atoms with Crippen LogP contribution in [0.25, 0.3) is 10.1 Å². The van der Waals surface area contributed by atoms with Crippen molar-refractivity contribution in [2.24, 2.45) is 5.92 Å². The molecule has 1 unspecified atom stereocenters. The summed E-state index contributed by atoms with van der Waals surface area (Å²) < 4.78 is 7.16. The Morgan fingerprint density at radius 3 is 3.25 bits per heavy atom. The number of fused-ring (bicyclic) bond motifs is 1. The molecule has 84 valence electrons. The van der Waals surface area contributed by atoms with E-state index in [4.69, 9.17) is 4.74 Å². The molecule has 2 nitrogen and oxygen atoms in total. The van der Waals surface area contributed by atoms with Gasteiger partial charge in [0.05, 0.1) is 6.61 Å². The van der Waals surface area contributed by atoms with Gasteiger partial charge in [-0.2, -0.15) is 0 Å². The topological polar surface area (TPSA) is 21.3 Å². The number of ether oxygens (including phenoxy) is 1. The SMILES string of the molecule is c1cc2cc(OCC3CCNC3)ccc2s1. The molecule has 1 saturated heterocycles. The van der Waals surface area contributed by atoms with Crippen LogP contribution in [0.2, 0.25) is 0 Å². The molecule has 0 bridgehead atoms. The lowest BCUT2D eigenvalue weighted by atomic mass is 10.1. The van der Waals surface area contributed by atoms with Crippen molar-refractivity contribution in [1.29, 1.82) is 0 Å². The molecule has 1 fully saturated rings. The maximum atomic E-state index is 5.83. The molecule has 0 amide bonds. The van der Waals surface area contributed by atoms with Gasteiger partial charge in [0.1, 0.15) is 5.75 Å². The number of hydrogen-bond acceptors (Lipinski definition) is 3. The first kappa shape index (κ1) is 10.1. The zero-order chi connectivity index (χ0) is 10.8. The van der Waals surface area contributed by atoms with Gasteiger partial charge in [0.25, 0.3) is 0 Å². The van der Waals surface area contributed by atoms with Crippen LogP contribution in [0.15, 0.2) is 29.6 Å². The third-order valence-electron chi connectivity index (χ3n) is 3.07. The van der Waals surface area contributed by atoms with E-state index < -0.39 is 0 Å². The highest BCUT2D eigenvalue weighted by atomic mass is 32.1. The molecule has 2 aromatic rings. The molecule has 3 heteroatoms. The lowest BCUT2D eigenvalue weighted by molar-refractivity contribution is 0.260. The van der Waals surface area contributed by atoms with E-state index in [-0.39, 0.29) is 0 Å². The number of rotatable bonds is 3. The monoisotopic (exact) mass is 233 g/mol. The standard InChI is InChI=1S/C13H15NOS/c1-2-13-11(4-6-16-13)7-12(1)15-9-10-3-5-14-8-10/h1-2,4,6-7,10,14H,3,5,8-9H2. The highest BCUT2D eigenvalue weighted by molar-refractivity contribution is 7.17. The molecule has 0 radical (unpaired) electrons. The van der Waals surface area contributed by atoms with Crippen molar-refractivity contribution in [1.82, 2.24) is 5.32 Å². The van der Waals surface area contributed by atoms with Crippen molar-refractivity contribution in [3.8, 4) is 5.75 Å². The third-order valence-corrected chi connectivity index (χ3v) is 3.97. The molecule has 1 aliphatic rings. The molecule has 1 N–H and O–H groups in total. The van der Waals surface area contributed by atoms with E-state index in [0.717, 1.165) is 25.4 Å². The highest BCUT2D eigenvalue weighted by Gasteiger charge is 2.14. The van der Waals surface area contributed by atoms with Crippen LogP contribution in [0.3, 0.4) is 0 Å². The van der Waals surface area contributed by atoms with Crippen molar-refractivity contribution >= 4 is 21.4 Å². The summed E-state index contributed by atoms with van der Waals surface area (Å²) >= 11 is 1.77. The summed E-state index contributed by atoms with van der Waals surface area (Å²) in [5.41, 5.74) is 0. The maximum Gasteiger partial charge on any atom is 0.120 e. The van der Waals surface area contributed by atoms with Crippen molar-refractivity contribution < 1.29 is 4.74 Å². The van der Waals surface area contributed by atoms with Gasteiger partial charge in [0.2, 0.25) is 0 Å². The second kappa shape index (κ2) is 4.44. The van der Waals surface area contributed by atoms with E-state index in [2.05, 4.69) is 35.0 Å². The van der Waals surface area contributed by atoms with E-state index in [0.29, 0.717) is 5.92 Å². The Morgan fingerprint density at radius 1 is 1.38 bits per heavy atom. The molecule has 1 atom stereocenters. The number of benzene rings is 1. The zero-order valence-electron chi connectivity index (χ0n) is 9.11. The second-order valence-corrected chi connectivity index (χ2v) is 5.24. The average Bonchev–Trinajstić information content (AvgIpc) is 2.97. The molecule has 1 aliphatic heterocycles. The van der Waals surface area contributed by atoms with Gasteiger partial charge in [-0.1, -0.05) is 0 Å². The van der Waals surface area contributed by atoms with Gasteiger partial charge < -0.3 is 10.1 Å². The summed E-state index contributed by atoms with van der Waals surface area (Å²) in [6, 6.07) is 8.49. The fraction of sp³-hybridized carbons (Fsp3) is 0.385. The van der Waals surface area contributed by atoms with Crippen molar-refractivity contribution in [2.45, 2.75) is 6.42 Å². The second-order valence-electron chi connectivity index (χ2n) is 4.29. The molecule has 0 saturated carbocycles. The lowest BCUT2D eigenvalue weighted by Gasteiger charge is -2.10. The van der Waals surface area contributed by atoms with E-state index in [1.54, 1.807) is 11.3 Å². The van der Waals surface area contributed by atoms with Crippen LogP contribution >= 0.6 is 11.3 Å². The summed E-state index contributed by atoms with van der Waals surface area (Å²) in [7, 11) is 0. The number of thiophene rings is 1. The Balaban J connectivity index is 1.68. The molecule has 0 aliphatic carbocycles. The molecule has 16 heavy (non-hydrogen) atoms.